The molecule has 0 saturated heterocycles. The lowest BCUT2D eigenvalue weighted by molar-refractivity contribution is 0.587. The minimum absolute atomic E-state index is 0.713. The van der Waals surface area contributed by atoms with Gasteiger partial charge in [-0.3, -0.25) is 0 Å². The summed E-state index contributed by atoms with van der Waals surface area (Å²) in [5.41, 5.74) is 7.25. The summed E-state index contributed by atoms with van der Waals surface area (Å²) in [7, 11) is 0. The molecule has 0 radical (unpaired) electrons. The zero-order valence-electron chi connectivity index (χ0n) is 5.67. The van der Waals surface area contributed by atoms with E-state index in [0.717, 1.165) is 16.7 Å². The van der Waals surface area contributed by atoms with E-state index >= 15 is 0 Å². The SMILES string of the molecule is Nc1cccc2oc(Br)cc12. The van der Waals surface area contributed by atoms with Gasteiger partial charge >= 0.3 is 0 Å². The van der Waals surface area contributed by atoms with Gasteiger partial charge in [0.1, 0.15) is 5.58 Å². The Hall–Kier alpha value is -0.960. The Morgan fingerprint density at radius 2 is 2.18 bits per heavy atom. The monoisotopic (exact) mass is 211 g/mol. The topological polar surface area (TPSA) is 39.2 Å². The van der Waals surface area contributed by atoms with Crippen molar-refractivity contribution in [3.63, 3.8) is 0 Å². The Bertz CT molecular complexity index is 394. The van der Waals surface area contributed by atoms with Gasteiger partial charge in [0.25, 0.3) is 0 Å². The Morgan fingerprint density at radius 3 is 2.91 bits per heavy atom. The van der Waals surface area contributed by atoms with Gasteiger partial charge in [-0.05, 0) is 28.1 Å². The van der Waals surface area contributed by atoms with Gasteiger partial charge in [-0.2, -0.15) is 0 Å². The lowest BCUT2D eigenvalue weighted by Gasteiger charge is -1.90. The molecule has 0 aliphatic heterocycles. The fourth-order valence-electron chi connectivity index (χ4n) is 1.05. The third kappa shape index (κ3) is 1.01. The first-order chi connectivity index (χ1) is 5.27. The summed E-state index contributed by atoms with van der Waals surface area (Å²) >= 11 is 3.24. The molecular weight excluding hydrogens is 206 g/mol. The van der Waals surface area contributed by atoms with Crippen LogP contribution >= 0.6 is 15.9 Å². The zero-order valence-corrected chi connectivity index (χ0v) is 7.26. The fraction of sp³-hybridized carbons (Fsp3) is 0. The van der Waals surface area contributed by atoms with Crippen molar-refractivity contribution in [1.29, 1.82) is 0 Å². The molecule has 11 heavy (non-hydrogen) atoms. The molecule has 0 atom stereocenters. The second kappa shape index (κ2) is 2.27. The number of fused-ring (bicyclic) bond motifs is 1. The number of benzene rings is 1. The number of halogens is 1. The summed E-state index contributed by atoms with van der Waals surface area (Å²) in [5, 5.41) is 0.958. The molecule has 2 rings (SSSR count). The van der Waals surface area contributed by atoms with E-state index in [1.54, 1.807) is 0 Å². The molecular formula is C8H6BrNO. The number of rotatable bonds is 0. The second-order valence-electron chi connectivity index (χ2n) is 2.31. The Kier molecular flexibility index (Phi) is 1.39. The summed E-state index contributed by atoms with van der Waals surface area (Å²) in [6.45, 7) is 0. The van der Waals surface area contributed by atoms with Crippen LogP contribution in [-0.4, -0.2) is 0 Å². The van der Waals surface area contributed by atoms with E-state index in [1.165, 1.54) is 0 Å². The van der Waals surface area contributed by atoms with Gasteiger partial charge < -0.3 is 10.2 Å². The van der Waals surface area contributed by atoms with E-state index in [1.807, 2.05) is 24.3 Å². The maximum atomic E-state index is 5.69. The molecule has 1 heterocycles. The van der Waals surface area contributed by atoms with E-state index in [2.05, 4.69) is 15.9 Å². The first-order valence-electron chi connectivity index (χ1n) is 3.21. The highest BCUT2D eigenvalue weighted by Gasteiger charge is 2.02. The van der Waals surface area contributed by atoms with Crippen LogP contribution in [0.4, 0.5) is 5.69 Å². The molecule has 0 bridgehead atoms. The van der Waals surface area contributed by atoms with Gasteiger partial charge in [-0.1, -0.05) is 6.07 Å². The number of nitrogen functional groups attached to an aromatic ring is 1. The molecule has 3 heteroatoms. The minimum atomic E-state index is 0.713. The maximum absolute atomic E-state index is 5.69. The van der Waals surface area contributed by atoms with Gasteiger partial charge in [-0.25, -0.2) is 0 Å². The average Bonchev–Trinajstić information content (AvgIpc) is 2.31. The van der Waals surface area contributed by atoms with E-state index < -0.39 is 0 Å². The van der Waals surface area contributed by atoms with Crippen LogP contribution in [0.15, 0.2) is 33.4 Å². The molecule has 0 fully saturated rings. The number of hydrogen-bond acceptors (Lipinski definition) is 2. The van der Waals surface area contributed by atoms with Crippen LogP contribution in [0.5, 0.6) is 0 Å². The summed E-state index contributed by atoms with van der Waals surface area (Å²) in [4.78, 5) is 0. The van der Waals surface area contributed by atoms with Crippen molar-refractivity contribution in [3.05, 3.63) is 28.9 Å². The predicted octanol–water partition coefficient (Wildman–Crippen LogP) is 2.78. The largest absolute Gasteiger partial charge is 0.449 e. The standard InChI is InChI=1S/C8H6BrNO/c9-8-4-5-6(10)2-1-3-7(5)11-8/h1-4H,10H2. The summed E-state index contributed by atoms with van der Waals surface area (Å²) in [6, 6.07) is 7.47. The lowest BCUT2D eigenvalue weighted by atomic mass is 10.2. The van der Waals surface area contributed by atoms with Crippen LogP contribution in [0, 0.1) is 0 Å². The van der Waals surface area contributed by atoms with Gasteiger partial charge in [0, 0.05) is 17.1 Å². The van der Waals surface area contributed by atoms with E-state index in [9.17, 15) is 0 Å². The molecule has 0 aliphatic rings. The number of hydrogen-bond donors (Lipinski definition) is 1. The average molecular weight is 212 g/mol. The molecule has 2 nitrogen and oxygen atoms in total. The number of furan rings is 1. The van der Waals surface area contributed by atoms with E-state index in [0.29, 0.717) is 4.67 Å². The molecule has 1 aromatic carbocycles. The smallest absolute Gasteiger partial charge is 0.170 e. The molecule has 2 N–H and O–H groups in total. The molecule has 56 valence electrons. The van der Waals surface area contributed by atoms with Crippen LogP contribution in [0.2, 0.25) is 0 Å². The lowest BCUT2D eigenvalue weighted by Crippen LogP contribution is -1.82. The minimum Gasteiger partial charge on any atom is -0.449 e. The van der Waals surface area contributed by atoms with Crippen molar-refractivity contribution in [3.8, 4) is 0 Å². The van der Waals surface area contributed by atoms with Crippen LogP contribution in [0.3, 0.4) is 0 Å². The maximum Gasteiger partial charge on any atom is 0.170 e. The molecule has 0 unspecified atom stereocenters. The molecule has 1 aromatic heterocycles. The van der Waals surface area contributed by atoms with Gasteiger partial charge in [0.2, 0.25) is 0 Å². The molecule has 0 amide bonds. The van der Waals surface area contributed by atoms with Crippen LogP contribution in [0.1, 0.15) is 0 Å². The van der Waals surface area contributed by atoms with Crippen LogP contribution in [-0.2, 0) is 0 Å². The van der Waals surface area contributed by atoms with Gasteiger partial charge in [0.15, 0.2) is 4.67 Å². The van der Waals surface area contributed by atoms with E-state index in [-0.39, 0.29) is 0 Å². The predicted molar refractivity (Wildman–Crippen MR) is 48.3 cm³/mol. The quantitative estimate of drug-likeness (QED) is 0.682. The third-order valence-electron chi connectivity index (χ3n) is 1.57. The van der Waals surface area contributed by atoms with Gasteiger partial charge in [-0.15, -0.1) is 0 Å². The normalized spacial score (nSPS) is 10.6. The molecule has 2 aromatic rings. The zero-order chi connectivity index (χ0) is 7.84. The molecule has 0 saturated carbocycles. The Morgan fingerprint density at radius 1 is 1.36 bits per heavy atom. The fourth-order valence-corrected chi connectivity index (χ4v) is 1.46. The van der Waals surface area contributed by atoms with Crippen molar-refractivity contribution in [1.82, 2.24) is 0 Å². The van der Waals surface area contributed by atoms with Crippen molar-refractivity contribution >= 4 is 32.6 Å². The van der Waals surface area contributed by atoms with Gasteiger partial charge in [0.05, 0.1) is 0 Å². The third-order valence-corrected chi connectivity index (χ3v) is 1.96. The van der Waals surface area contributed by atoms with Crippen LogP contribution in [0.25, 0.3) is 11.0 Å². The van der Waals surface area contributed by atoms with Crippen molar-refractivity contribution in [2.45, 2.75) is 0 Å². The van der Waals surface area contributed by atoms with Crippen LogP contribution < -0.4 is 5.73 Å². The number of anilines is 1. The van der Waals surface area contributed by atoms with E-state index in [4.69, 9.17) is 10.2 Å². The highest BCUT2D eigenvalue weighted by Crippen LogP contribution is 2.27. The molecule has 0 aliphatic carbocycles. The van der Waals surface area contributed by atoms with Crippen molar-refractivity contribution in [2.24, 2.45) is 0 Å². The summed E-state index contributed by atoms with van der Waals surface area (Å²) in [5.74, 6) is 0. The summed E-state index contributed by atoms with van der Waals surface area (Å²) in [6.07, 6.45) is 0. The number of nitrogens with two attached hydrogens (primary N) is 1. The van der Waals surface area contributed by atoms with Crippen molar-refractivity contribution < 1.29 is 4.42 Å². The Balaban J connectivity index is 2.90. The second-order valence-corrected chi connectivity index (χ2v) is 3.09. The first kappa shape index (κ1) is 6.73. The Labute approximate surface area is 72.1 Å². The van der Waals surface area contributed by atoms with Crippen molar-refractivity contribution in [2.75, 3.05) is 5.73 Å². The highest BCUT2D eigenvalue weighted by molar-refractivity contribution is 9.10. The molecule has 0 spiro atoms. The first-order valence-corrected chi connectivity index (χ1v) is 4.00. The highest BCUT2D eigenvalue weighted by atomic mass is 79.9. The summed E-state index contributed by atoms with van der Waals surface area (Å²) < 4.78 is 6.00.